The highest BCUT2D eigenvalue weighted by Gasteiger charge is 2.33. The van der Waals surface area contributed by atoms with Crippen molar-refractivity contribution in [2.75, 3.05) is 0 Å². The van der Waals surface area contributed by atoms with Gasteiger partial charge in [0.25, 0.3) is 0 Å². The molecule has 100 valence electrons. The summed E-state index contributed by atoms with van der Waals surface area (Å²) in [6, 6.07) is 8.31. The molecule has 0 amide bonds. The molecule has 0 aromatic heterocycles. The maximum absolute atomic E-state index is 11.3. The predicted molar refractivity (Wildman–Crippen MR) is 73.6 cm³/mol. The first kappa shape index (κ1) is 14.7. The van der Waals surface area contributed by atoms with Crippen molar-refractivity contribution in [3.8, 4) is 0 Å². The number of hydrogen-bond donors (Lipinski definition) is 2. The second-order valence-electron chi connectivity index (χ2n) is 4.62. The highest BCUT2D eigenvalue weighted by molar-refractivity contribution is 5.78. The molecule has 0 saturated carbocycles. The molecule has 1 aromatic carbocycles. The molecule has 0 unspecified atom stereocenters. The fourth-order valence-corrected chi connectivity index (χ4v) is 2.04. The van der Waals surface area contributed by atoms with E-state index in [1.54, 1.807) is 0 Å². The largest absolute Gasteiger partial charge is 0.480 e. The van der Waals surface area contributed by atoms with Crippen molar-refractivity contribution in [1.82, 2.24) is 5.32 Å². The Morgan fingerprint density at radius 2 is 1.61 bits per heavy atom. The lowest BCUT2D eigenvalue weighted by Gasteiger charge is -2.28. The number of rotatable bonds is 7. The highest BCUT2D eigenvalue weighted by Crippen LogP contribution is 2.16. The van der Waals surface area contributed by atoms with Crippen LogP contribution in [-0.4, -0.2) is 16.6 Å². The summed E-state index contributed by atoms with van der Waals surface area (Å²) in [6.45, 7) is 6.53. The van der Waals surface area contributed by atoms with Gasteiger partial charge in [0.2, 0.25) is 0 Å². The quantitative estimate of drug-likeness (QED) is 0.781. The van der Waals surface area contributed by atoms with Crippen LogP contribution in [0.3, 0.4) is 0 Å². The second kappa shape index (κ2) is 6.55. The Kier molecular flexibility index (Phi) is 5.35. The zero-order valence-electron chi connectivity index (χ0n) is 11.5. The molecule has 1 rings (SSSR count). The summed E-state index contributed by atoms with van der Waals surface area (Å²) >= 11 is 0. The molecule has 0 fully saturated rings. The second-order valence-corrected chi connectivity index (χ2v) is 4.62. The van der Waals surface area contributed by atoms with E-state index in [0.717, 1.165) is 12.0 Å². The van der Waals surface area contributed by atoms with Gasteiger partial charge in [-0.1, -0.05) is 45.0 Å². The van der Waals surface area contributed by atoms with Gasteiger partial charge in [-0.3, -0.25) is 10.1 Å². The van der Waals surface area contributed by atoms with Gasteiger partial charge in [-0.2, -0.15) is 0 Å². The van der Waals surface area contributed by atoms with Crippen molar-refractivity contribution in [1.29, 1.82) is 0 Å². The molecular formula is C15H23NO2. The van der Waals surface area contributed by atoms with E-state index in [0.29, 0.717) is 19.4 Å². The van der Waals surface area contributed by atoms with Gasteiger partial charge >= 0.3 is 5.97 Å². The number of carboxylic acid groups (broad SMARTS) is 1. The van der Waals surface area contributed by atoms with Gasteiger partial charge in [-0.15, -0.1) is 0 Å². The van der Waals surface area contributed by atoms with E-state index in [1.165, 1.54) is 5.56 Å². The first-order valence-electron chi connectivity index (χ1n) is 6.64. The molecule has 18 heavy (non-hydrogen) atoms. The third-order valence-electron chi connectivity index (χ3n) is 3.68. The SMILES string of the molecule is CCc1ccc(CNC(CC)(CC)C(=O)O)cc1. The van der Waals surface area contributed by atoms with E-state index in [9.17, 15) is 9.90 Å². The van der Waals surface area contributed by atoms with E-state index in [-0.39, 0.29) is 0 Å². The number of hydrogen-bond acceptors (Lipinski definition) is 2. The number of aryl methyl sites for hydroxylation is 1. The van der Waals surface area contributed by atoms with Gasteiger partial charge in [0.15, 0.2) is 0 Å². The predicted octanol–water partition coefficient (Wildman–Crippen LogP) is 2.98. The van der Waals surface area contributed by atoms with E-state index in [4.69, 9.17) is 0 Å². The Morgan fingerprint density at radius 1 is 1.11 bits per heavy atom. The minimum Gasteiger partial charge on any atom is -0.480 e. The van der Waals surface area contributed by atoms with Gasteiger partial charge in [-0.25, -0.2) is 0 Å². The fourth-order valence-electron chi connectivity index (χ4n) is 2.04. The van der Waals surface area contributed by atoms with Crippen LogP contribution in [0.4, 0.5) is 0 Å². The molecule has 0 aliphatic carbocycles. The van der Waals surface area contributed by atoms with Crippen LogP contribution in [-0.2, 0) is 17.8 Å². The summed E-state index contributed by atoms with van der Waals surface area (Å²) in [5.41, 5.74) is 1.62. The minimum absolute atomic E-state index is 0.589. The standard InChI is InChI=1S/C15H23NO2/c1-4-12-7-9-13(10-8-12)11-16-15(5-2,6-3)14(17)18/h7-10,16H,4-6,11H2,1-3H3,(H,17,18). The van der Waals surface area contributed by atoms with E-state index in [1.807, 2.05) is 13.8 Å². The smallest absolute Gasteiger partial charge is 0.323 e. The van der Waals surface area contributed by atoms with Crippen LogP contribution in [0.1, 0.15) is 44.7 Å². The van der Waals surface area contributed by atoms with Crippen molar-refractivity contribution in [3.63, 3.8) is 0 Å². The van der Waals surface area contributed by atoms with Crippen LogP contribution in [0.5, 0.6) is 0 Å². The molecule has 0 spiro atoms. The Morgan fingerprint density at radius 3 is 2.00 bits per heavy atom. The van der Waals surface area contributed by atoms with E-state index >= 15 is 0 Å². The van der Waals surface area contributed by atoms with Crippen molar-refractivity contribution in [2.45, 2.75) is 52.1 Å². The van der Waals surface area contributed by atoms with Gasteiger partial charge in [-0.05, 0) is 30.4 Å². The molecule has 0 heterocycles. The zero-order chi connectivity index (χ0) is 13.6. The number of nitrogens with one attached hydrogen (secondary N) is 1. The number of aliphatic carboxylic acids is 1. The summed E-state index contributed by atoms with van der Waals surface area (Å²) in [4.78, 5) is 11.3. The molecule has 3 heteroatoms. The molecule has 0 bridgehead atoms. The van der Waals surface area contributed by atoms with Crippen molar-refractivity contribution < 1.29 is 9.90 Å². The van der Waals surface area contributed by atoms with Crippen LogP contribution in [0.2, 0.25) is 0 Å². The minimum atomic E-state index is -0.802. The Bertz CT molecular complexity index is 380. The third-order valence-corrected chi connectivity index (χ3v) is 3.68. The Balaban J connectivity index is 2.69. The van der Waals surface area contributed by atoms with Gasteiger partial charge in [0.1, 0.15) is 5.54 Å². The summed E-state index contributed by atoms with van der Waals surface area (Å²) in [6.07, 6.45) is 2.20. The van der Waals surface area contributed by atoms with Crippen LogP contribution in [0, 0.1) is 0 Å². The highest BCUT2D eigenvalue weighted by atomic mass is 16.4. The molecule has 0 atom stereocenters. The first-order chi connectivity index (χ1) is 8.57. The molecule has 0 saturated heterocycles. The normalized spacial score (nSPS) is 11.5. The monoisotopic (exact) mass is 249 g/mol. The first-order valence-corrected chi connectivity index (χ1v) is 6.64. The molecule has 2 N–H and O–H groups in total. The average molecular weight is 249 g/mol. The van der Waals surface area contributed by atoms with Gasteiger partial charge < -0.3 is 5.11 Å². The van der Waals surface area contributed by atoms with Crippen molar-refractivity contribution in [2.24, 2.45) is 0 Å². The summed E-state index contributed by atoms with van der Waals surface area (Å²) < 4.78 is 0. The van der Waals surface area contributed by atoms with Crippen molar-refractivity contribution >= 4 is 5.97 Å². The van der Waals surface area contributed by atoms with Crippen LogP contribution >= 0.6 is 0 Å². The number of carboxylic acids is 1. The Hall–Kier alpha value is -1.35. The topological polar surface area (TPSA) is 49.3 Å². The maximum Gasteiger partial charge on any atom is 0.323 e. The molecule has 0 aliphatic rings. The lowest BCUT2D eigenvalue weighted by molar-refractivity contribution is -0.145. The fraction of sp³-hybridized carbons (Fsp3) is 0.533. The third kappa shape index (κ3) is 3.33. The number of carbonyl (C=O) groups is 1. The molecular weight excluding hydrogens is 226 g/mol. The van der Waals surface area contributed by atoms with Gasteiger partial charge in [0.05, 0.1) is 0 Å². The lowest BCUT2D eigenvalue weighted by Crippen LogP contribution is -2.50. The molecule has 3 nitrogen and oxygen atoms in total. The van der Waals surface area contributed by atoms with Crippen molar-refractivity contribution in [3.05, 3.63) is 35.4 Å². The zero-order valence-corrected chi connectivity index (χ0v) is 11.5. The van der Waals surface area contributed by atoms with Crippen LogP contribution in [0.25, 0.3) is 0 Å². The maximum atomic E-state index is 11.3. The van der Waals surface area contributed by atoms with Gasteiger partial charge in [0, 0.05) is 6.54 Å². The summed E-state index contributed by atoms with van der Waals surface area (Å²) in [5.74, 6) is -0.766. The molecule has 0 aliphatic heterocycles. The molecule has 1 aromatic rings. The van der Waals surface area contributed by atoms with E-state index in [2.05, 4.69) is 36.5 Å². The molecule has 0 radical (unpaired) electrons. The summed E-state index contributed by atoms with van der Waals surface area (Å²) in [5, 5.41) is 12.5. The lowest BCUT2D eigenvalue weighted by atomic mass is 9.92. The average Bonchev–Trinajstić information content (AvgIpc) is 2.41. The Labute approximate surface area is 109 Å². The van der Waals surface area contributed by atoms with Crippen LogP contribution < -0.4 is 5.32 Å². The summed E-state index contributed by atoms with van der Waals surface area (Å²) in [7, 11) is 0. The van der Waals surface area contributed by atoms with E-state index < -0.39 is 11.5 Å². The van der Waals surface area contributed by atoms with Crippen LogP contribution in [0.15, 0.2) is 24.3 Å². The number of benzene rings is 1.